The lowest BCUT2D eigenvalue weighted by Crippen LogP contribution is -2.25. The summed E-state index contributed by atoms with van der Waals surface area (Å²) in [6.45, 7) is 5.76. The van der Waals surface area contributed by atoms with Crippen LogP contribution in [-0.4, -0.2) is 25.7 Å². The smallest absolute Gasteiger partial charge is 0.123 e. The van der Waals surface area contributed by atoms with E-state index >= 15 is 0 Å². The second kappa shape index (κ2) is 5.87. The first-order valence-corrected chi connectivity index (χ1v) is 5.64. The lowest BCUT2D eigenvalue weighted by molar-refractivity contribution is 0.326. The van der Waals surface area contributed by atoms with E-state index in [1.165, 1.54) is 11.1 Å². The highest BCUT2D eigenvalue weighted by Gasteiger charge is 2.08. The van der Waals surface area contributed by atoms with Crippen molar-refractivity contribution in [2.24, 2.45) is 5.73 Å². The van der Waals surface area contributed by atoms with Crippen molar-refractivity contribution in [2.75, 3.05) is 20.8 Å². The maximum Gasteiger partial charge on any atom is 0.123 e. The average molecular weight is 222 g/mol. The van der Waals surface area contributed by atoms with Crippen LogP contribution in [-0.2, 0) is 6.54 Å². The van der Waals surface area contributed by atoms with Gasteiger partial charge >= 0.3 is 0 Å². The minimum atomic E-state index is 0.535. The Bertz CT molecular complexity index is 337. The van der Waals surface area contributed by atoms with Crippen molar-refractivity contribution in [3.8, 4) is 5.75 Å². The lowest BCUT2D eigenvalue weighted by Gasteiger charge is -2.18. The third-order valence-corrected chi connectivity index (χ3v) is 2.72. The molecule has 0 amide bonds. The van der Waals surface area contributed by atoms with Crippen molar-refractivity contribution in [2.45, 2.75) is 26.3 Å². The number of hydrogen-bond donors (Lipinski definition) is 1. The Morgan fingerprint density at radius 3 is 2.56 bits per heavy atom. The molecule has 90 valence electrons. The molecule has 0 saturated heterocycles. The molecule has 0 radical (unpaired) electrons. The van der Waals surface area contributed by atoms with Gasteiger partial charge < -0.3 is 10.5 Å². The topological polar surface area (TPSA) is 38.5 Å². The summed E-state index contributed by atoms with van der Waals surface area (Å²) in [5, 5.41) is 0. The van der Waals surface area contributed by atoms with Gasteiger partial charge in [0.2, 0.25) is 0 Å². The number of rotatable bonds is 5. The molecule has 0 aliphatic heterocycles. The van der Waals surface area contributed by atoms with Crippen molar-refractivity contribution in [3.05, 3.63) is 29.3 Å². The molecule has 0 atom stereocenters. The van der Waals surface area contributed by atoms with Gasteiger partial charge in [-0.05, 0) is 24.6 Å². The second-order valence-corrected chi connectivity index (χ2v) is 4.42. The molecule has 0 heterocycles. The third-order valence-electron chi connectivity index (χ3n) is 2.72. The maximum absolute atomic E-state index is 5.59. The second-order valence-electron chi connectivity index (χ2n) is 4.42. The average Bonchev–Trinajstić information content (AvgIpc) is 2.28. The highest BCUT2D eigenvalue weighted by molar-refractivity contribution is 5.38. The molecule has 3 heteroatoms. The van der Waals surface area contributed by atoms with Crippen LogP contribution >= 0.6 is 0 Å². The summed E-state index contributed by atoms with van der Waals surface area (Å²) in [5.74, 6) is 1.47. The van der Waals surface area contributed by atoms with E-state index in [-0.39, 0.29) is 0 Å². The van der Waals surface area contributed by atoms with Crippen LogP contribution in [0.2, 0.25) is 0 Å². The van der Waals surface area contributed by atoms with E-state index in [4.69, 9.17) is 10.5 Å². The Hall–Kier alpha value is -1.06. The first-order chi connectivity index (χ1) is 7.58. The van der Waals surface area contributed by atoms with E-state index in [9.17, 15) is 0 Å². The maximum atomic E-state index is 5.59. The fourth-order valence-corrected chi connectivity index (χ4v) is 1.64. The summed E-state index contributed by atoms with van der Waals surface area (Å²) >= 11 is 0. The molecule has 0 aliphatic carbocycles. The monoisotopic (exact) mass is 222 g/mol. The Labute approximate surface area is 98.2 Å². The van der Waals surface area contributed by atoms with Gasteiger partial charge in [-0.1, -0.05) is 26.0 Å². The molecular weight excluding hydrogens is 200 g/mol. The van der Waals surface area contributed by atoms with Crippen molar-refractivity contribution in [3.63, 3.8) is 0 Å². The SMILES string of the molecule is COc1ccc(C(C)C)cc1CN(C)CN. The highest BCUT2D eigenvalue weighted by Crippen LogP contribution is 2.24. The normalized spacial score (nSPS) is 11.2. The number of nitrogens with zero attached hydrogens (tertiary/aromatic N) is 1. The molecule has 0 fully saturated rings. The molecule has 16 heavy (non-hydrogen) atoms. The standard InChI is InChI=1S/C13H22N2O/c1-10(2)11-5-6-13(16-4)12(7-11)8-15(3)9-14/h5-7,10H,8-9,14H2,1-4H3. The van der Waals surface area contributed by atoms with E-state index in [0.29, 0.717) is 12.6 Å². The summed E-state index contributed by atoms with van der Waals surface area (Å²) in [7, 11) is 3.71. The van der Waals surface area contributed by atoms with E-state index < -0.39 is 0 Å². The van der Waals surface area contributed by atoms with E-state index in [1.807, 2.05) is 13.1 Å². The molecule has 1 aromatic rings. The van der Waals surface area contributed by atoms with E-state index in [2.05, 4.69) is 30.9 Å². The molecule has 2 N–H and O–H groups in total. The molecule has 0 aliphatic rings. The van der Waals surface area contributed by atoms with Gasteiger partial charge in [-0.3, -0.25) is 4.90 Å². The molecule has 0 spiro atoms. The quantitative estimate of drug-likeness (QED) is 0.776. The van der Waals surface area contributed by atoms with Crippen molar-refractivity contribution in [1.29, 1.82) is 0 Å². The van der Waals surface area contributed by atoms with Gasteiger partial charge in [0.1, 0.15) is 5.75 Å². The number of methoxy groups -OCH3 is 1. The van der Waals surface area contributed by atoms with Gasteiger partial charge in [0.25, 0.3) is 0 Å². The van der Waals surface area contributed by atoms with Crippen LogP contribution in [0.5, 0.6) is 5.75 Å². The van der Waals surface area contributed by atoms with Crippen molar-refractivity contribution in [1.82, 2.24) is 4.90 Å². The van der Waals surface area contributed by atoms with Gasteiger partial charge in [-0.2, -0.15) is 0 Å². The van der Waals surface area contributed by atoms with Gasteiger partial charge in [-0.25, -0.2) is 0 Å². The van der Waals surface area contributed by atoms with E-state index in [0.717, 1.165) is 12.3 Å². The largest absolute Gasteiger partial charge is 0.496 e. The zero-order valence-electron chi connectivity index (χ0n) is 10.7. The first kappa shape index (κ1) is 13.0. The summed E-state index contributed by atoms with van der Waals surface area (Å²) in [5.41, 5.74) is 8.12. The molecule has 3 nitrogen and oxygen atoms in total. The Morgan fingerprint density at radius 2 is 2.06 bits per heavy atom. The van der Waals surface area contributed by atoms with Gasteiger partial charge in [0.05, 0.1) is 7.11 Å². The Morgan fingerprint density at radius 1 is 1.38 bits per heavy atom. The third kappa shape index (κ3) is 3.22. The molecule has 0 bridgehead atoms. The predicted octanol–water partition coefficient (Wildman–Crippen LogP) is 2.17. The van der Waals surface area contributed by atoms with Crippen LogP contribution in [0.25, 0.3) is 0 Å². The fraction of sp³-hybridized carbons (Fsp3) is 0.538. The van der Waals surface area contributed by atoms with Gasteiger partial charge in [-0.15, -0.1) is 0 Å². The van der Waals surface area contributed by atoms with Crippen LogP contribution < -0.4 is 10.5 Å². The lowest BCUT2D eigenvalue weighted by atomic mass is 10.00. The van der Waals surface area contributed by atoms with E-state index in [1.54, 1.807) is 7.11 Å². The number of hydrogen-bond acceptors (Lipinski definition) is 3. The molecule has 1 rings (SSSR count). The summed E-state index contributed by atoms with van der Waals surface area (Å²) in [6.07, 6.45) is 0. The Kier molecular flexibility index (Phi) is 4.77. The molecular formula is C13H22N2O. The number of nitrogens with two attached hydrogens (primary N) is 1. The number of benzene rings is 1. The highest BCUT2D eigenvalue weighted by atomic mass is 16.5. The zero-order chi connectivity index (χ0) is 12.1. The number of ether oxygens (including phenoxy) is 1. The Balaban J connectivity index is 2.97. The predicted molar refractivity (Wildman–Crippen MR) is 67.6 cm³/mol. The van der Waals surface area contributed by atoms with Gasteiger partial charge in [0.15, 0.2) is 0 Å². The summed E-state index contributed by atoms with van der Waals surface area (Å²) in [4.78, 5) is 2.06. The minimum absolute atomic E-state index is 0.535. The van der Waals surface area contributed by atoms with Crippen LogP contribution in [0.15, 0.2) is 18.2 Å². The molecule has 0 aromatic heterocycles. The van der Waals surface area contributed by atoms with Crippen LogP contribution in [0.4, 0.5) is 0 Å². The first-order valence-electron chi connectivity index (χ1n) is 5.64. The minimum Gasteiger partial charge on any atom is -0.496 e. The molecule has 0 saturated carbocycles. The molecule has 0 unspecified atom stereocenters. The zero-order valence-corrected chi connectivity index (χ0v) is 10.7. The summed E-state index contributed by atoms with van der Waals surface area (Å²) in [6, 6.07) is 6.36. The van der Waals surface area contributed by atoms with Crippen LogP contribution in [0, 0.1) is 0 Å². The summed E-state index contributed by atoms with van der Waals surface area (Å²) < 4.78 is 5.36. The van der Waals surface area contributed by atoms with Crippen molar-refractivity contribution < 1.29 is 4.74 Å². The van der Waals surface area contributed by atoms with Gasteiger partial charge in [0, 0.05) is 18.8 Å². The van der Waals surface area contributed by atoms with Crippen molar-refractivity contribution >= 4 is 0 Å². The van der Waals surface area contributed by atoms with Crippen LogP contribution in [0.1, 0.15) is 30.9 Å². The van der Waals surface area contributed by atoms with Crippen LogP contribution in [0.3, 0.4) is 0 Å². The molecule has 1 aromatic carbocycles. The fourth-order valence-electron chi connectivity index (χ4n) is 1.64.